The van der Waals surface area contributed by atoms with Crippen molar-refractivity contribution in [2.75, 3.05) is 0 Å². The first-order valence-corrected chi connectivity index (χ1v) is 11.7. The van der Waals surface area contributed by atoms with Crippen molar-refractivity contribution in [3.8, 4) is 5.75 Å². The van der Waals surface area contributed by atoms with Crippen LogP contribution in [0.4, 0.5) is 4.39 Å². The summed E-state index contributed by atoms with van der Waals surface area (Å²) in [7, 11) is 0. The average Bonchev–Trinajstić information content (AvgIpc) is 2.90. The standard InChI is InChI=1S/C29H27FN2O4/c1-20(29(33)34)32-36-28(8-4-5-21-9-14-24(30)15-10-21)23-12-17-26(18-13-23)35-19-25-16-11-22-6-2-3-7-27(22)31-25/h2-3,6-7,9-18,28H,4-5,8,19H2,1H3,(H,33,34)/b32-20+. The zero-order valence-electron chi connectivity index (χ0n) is 19.9. The minimum absolute atomic E-state index is 0.124. The number of oxime groups is 1. The molecule has 3 aromatic carbocycles. The van der Waals surface area contributed by atoms with Gasteiger partial charge >= 0.3 is 5.97 Å². The molecule has 0 radical (unpaired) electrons. The topological polar surface area (TPSA) is 81.0 Å². The van der Waals surface area contributed by atoms with E-state index < -0.39 is 12.1 Å². The number of aliphatic carboxylic acids is 1. The van der Waals surface area contributed by atoms with E-state index >= 15 is 0 Å². The highest BCUT2D eigenvalue weighted by molar-refractivity contribution is 6.34. The van der Waals surface area contributed by atoms with Crippen molar-refractivity contribution in [2.45, 2.75) is 38.9 Å². The number of carbonyl (C=O) groups is 1. The van der Waals surface area contributed by atoms with E-state index in [1.165, 1.54) is 19.1 Å². The second-order valence-electron chi connectivity index (χ2n) is 8.45. The summed E-state index contributed by atoms with van der Waals surface area (Å²) in [5, 5.41) is 14.0. The lowest BCUT2D eigenvalue weighted by atomic mass is 10.0. The highest BCUT2D eigenvalue weighted by Gasteiger charge is 2.15. The van der Waals surface area contributed by atoms with Gasteiger partial charge in [-0.15, -0.1) is 0 Å². The number of ether oxygens (including phenoxy) is 1. The number of carboxylic acids is 1. The lowest BCUT2D eigenvalue weighted by Gasteiger charge is -2.16. The molecule has 0 aliphatic rings. The van der Waals surface area contributed by atoms with Gasteiger partial charge in [-0.3, -0.25) is 0 Å². The summed E-state index contributed by atoms with van der Waals surface area (Å²) in [6, 6.07) is 25.8. The van der Waals surface area contributed by atoms with Crippen LogP contribution in [-0.4, -0.2) is 21.8 Å². The third-order valence-corrected chi connectivity index (χ3v) is 5.77. The Bertz CT molecular complexity index is 1340. The maximum Gasteiger partial charge on any atom is 0.353 e. The fourth-order valence-corrected chi connectivity index (χ4v) is 3.73. The maximum absolute atomic E-state index is 13.1. The van der Waals surface area contributed by atoms with Crippen LogP contribution in [0.2, 0.25) is 0 Å². The number of benzene rings is 3. The number of aryl methyl sites for hydroxylation is 1. The van der Waals surface area contributed by atoms with Crippen LogP contribution in [0.1, 0.15) is 42.7 Å². The summed E-state index contributed by atoms with van der Waals surface area (Å²) in [4.78, 5) is 21.4. The second-order valence-corrected chi connectivity index (χ2v) is 8.45. The monoisotopic (exact) mass is 486 g/mol. The first-order chi connectivity index (χ1) is 17.5. The van der Waals surface area contributed by atoms with Gasteiger partial charge in [0.25, 0.3) is 0 Å². The van der Waals surface area contributed by atoms with Gasteiger partial charge in [-0.05, 0) is 73.7 Å². The largest absolute Gasteiger partial charge is 0.487 e. The van der Waals surface area contributed by atoms with E-state index in [0.29, 0.717) is 18.8 Å². The molecular formula is C29H27FN2O4. The molecule has 0 aliphatic heterocycles. The molecule has 184 valence electrons. The van der Waals surface area contributed by atoms with Crippen molar-refractivity contribution < 1.29 is 23.9 Å². The predicted molar refractivity (Wildman–Crippen MR) is 136 cm³/mol. The fourth-order valence-electron chi connectivity index (χ4n) is 3.73. The average molecular weight is 487 g/mol. The van der Waals surface area contributed by atoms with Crippen molar-refractivity contribution in [2.24, 2.45) is 5.16 Å². The van der Waals surface area contributed by atoms with E-state index in [1.54, 1.807) is 12.1 Å². The maximum atomic E-state index is 13.1. The van der Waals surface area contributed by atoms with E-state index in [1.807, 2.05) is 60.7 Å². The van der Waals surface area contributed by atoms with Crippen LogP contribution >= 0.6 is 0 Å². The van der Waals surface area contributed by atoms with E-state index in [0.717, 1.165) is 40.6 Å². The highest BCUT2D eigenvalue weighted by atomic mass is 19.1. The minimum atomic E-state index is -1.13. The molecule has 1 heterocycles. The smallest absolute Gasteiger partial charge is 0.353 e. The third kappa shape index (κ3) is 6.88. The summed E-state index contributed by atoms with van der Waals surface area (Å²) >= 11 is 0. The number of fused-ring (bicyclic) bond motifs is 1. The van der Waals surface area contributed by atoms with E-state index in [2.05, 4.69) is 10.1 Å². The Balaban J connectivity index is 1.40. The first-order valence-electron chi connectivity index (χ1n) is 11.7. The summed E-state index contributed by atoms with van der Waals surface area (Å²) in [5.74, 6) is -0.716. The molecule has 0 amide bonds. The number of hydrogen-bond acceptors (Lipinski definition) is 5. The van der Waals surface area contributed by atoms with Crippen LogP contribution < -0.4 is 4.74 Å². The van der Waals surface area contributed by atoms with Crippen molar-refractivity contribution in [3.05, 3.63) is 108 Å². The Hall–Kier alpha value is -4.26. The molecule has 0 fully saturated rings. The zero-order chi connectivity index (χ0) is 25.3. The lowest BCUT2D eigenvalue weighted by molar-refractivity contribution is -0.129. The van der Waals surface area contributed by atoms with Gasteiger partial charge in [-0.2, -0.15) is 0 Å². The van der Waals surface area contributed by atoms with E-state index in [9.17, 15) is 9.18 Å². The summed E-state index contributed by atoms with van der Waals surface area (Å²) < 4.78 is 19.1. The highest BCUT2D eigenvalue weighted by Crippen LogP contribution is 2.27. The Kier molecular flexibility index (Phi) is 8.24. The second kappa shape index (κ2) is 11.9. The summed E-state index contributed by atoms with van der Waals surface area (Å²) in [6.45, 7) is 1.72. The van der Waals surface area contributed by atoms with Crippen LogP contribution in [-0.2, 0) is 22.7 Å². The Morgan fingerprint density at radius 1 is 1.00 bits per heavy atom. The number of aromatic nitrogens is 1. The van der Waals surface area contributed by atoms with Gasteiger partial charge in [0, 0.05) is 5.39 Å². The Morgan fingerprint density at radius 3 is 2.50 bits per heavy atom. The van der Waals surface area contributed by atoms with Gasteiger partial charge in [0.1, 0.15) is 18.2 Å². The summed E-state index contributed by atoms with van der Waals surface area (Å²) in [5.41, 5.74) is 3.50. The number of halogens is 1. The van der Waals surface area contributed by atoms with Gasteiger partial charge in [-0.25, -0.2) is 14.2 Å². The van der Waals surface area contributed by atoms with Crippen LogP contribution in [0, 0.1) is 5.82 Å². The van der Waals surface area contributed by atoms with E-state index in [4.69, 9.17) is 14.7 Å². The van der Waals surface area contributed by atoms with Crippen molar-refractivity contribution in [3.63, 3.8) is 0 Å². The summed E-state index contributed by atoms with van der Waals surface area (Å²) in [6.07, 6.45) is 1.66. The van der Waals surface area contributed by atoms with Crippen LogP contribution in [0.3, 0.4) is 0 Å². The SMILES string of the molecule is C/C(=N\OC(CCCc1ccc(F)cc1)c1ccc(OCc2ccc3ccccc3n2)cc1)C(=O)O. The molecule has 1 atom stereocenters. The molecule has 1 unspecified atom stereocenters. The van der Waals surface area contributed by atoms with Gasteiger partial charge in [0.15, 0.2) is 11.8 Å². The molecule has 0 aliphatic carbocycles. The molecule has 0 saturated heterocycles. The molecule has 0 saturated carbocycles. The van der Waals surface area contributed by atoms with Crippen molar-refractivity contribution in [1.82, 2.24) is 4.98 Å². The normalized spacial score (nSPS) is 12.3. The van der Waals surface area contributed by atoms with Gasteiger partial charge in [-0.1, -0.05) is 53.7 Å². The van der Waals surface area contributed by atoms with Crippen LogP contribution in [0.15, 0.2) is 90.1 Å². The zero-order valence-corrected chi connectivity index (χ0v) is 19.9. The fraction of sp³-hybridized carbons (Fsp3) is 0.207. The molecular weight excluding hydrogens is 459 g/mol. The molecule has 36 heavy (non-hydrogen) atoms. The number of nitrogens with zero attached hydrogens (tertiary/aromatic N) is 2. The molecule has 1 aromatic heterocycles. The van der Waals surface area contributed by atoms with Gasteiger partial charge in [0.2, 0.25) is 0 Å². The quantitative estimate of drug-likeness (QED) is 0.193. The Morgan fingerprint density at radius 2 is 1.75 bits per heavy atom. The molecule has 6 nitrogen and oxygen atoms in total. The van der Waals surface area contributed by atoms with Crippen molar-refractivity contribution in [1.29, 1.82) is 0 Å². The first kappa shape index (κ1) is 24.9. The molecule has 7 heteroatoms. The number of pyridine rings is 1. The number of hydrogen-bond donors (Lipinski definition) is 1. The van der Waals surface area contributed by atoms with Crippen LogP contribution in [0.25, 0.3) is 10.9 Å². The molecule has 4 aromatic rings. The molecule has 1 N–H and O–H groups in total. The van der Waals surface area contributed by atoms with Crippen LogP contribution in [0.5, 0.6) is 5.75 Å². The minimum Gasteiger partial charge on any atom is -0.487 e. The molecule has 4 rings (SSSR count). The predicted octanol–water partition coefficient (Wildman–Crippen LogP) is 6.49. The van der Waals surface area contributed by atoms with Gasteiger partial charge in [0.05, 0.1) is 11.2 Å². The number of para-hydroxylation sites is 1. The molecule has 0 spiro atoms. The lowest BCUT2D eigenvalue weighted by Crippen LogP contribution is -2.10. The van der Waals surface area contributed by atoms with Gasteiger partial charge < -0.3 is 14.7 Å². The van der Waals surface area contributed by atoms with E-state index in [-0.39, 0.29) is 11.5 Å². The Labute approximate surface area is 209 Å². The molecule has 0 bridgehead atoms. The van der Waals surface area contributed by atoms with Crippen molar-refractivity contribution >= 4 is 22.6 Å². The number of carboxylic acid groups (broad SMARTS) is 1. The third-order valence-electron chi connectivity index (χ3n) is 5.77. The number of rotatable bonds is 11.